The van der Waals surface area contributed by atoms with Crippen LogP contribution in [0.15, 0.2) is 48.9 Å². The normalized spacial score (nSPS) is 10.5. The zero-order valence-corrected chi connectivity index (χ0v) is 16.1. The minimum atomic E-state index is -0.421. The third-order valence-corrected chi connectivity index (χ3v) is 4.62. The molecule has 0 saturated heterocycles. The maximum atomic E-state index is 11.4. The third-order valence-electron chi connectivity index (χ3n) is 4.07. The van der Waals surface area contributed by atoms with Crippen molar-refractivity contribution < 1.29 is 4.92 Å². The van der Waals surface area contributed by atoms with Crippen LogP contribution in [-0.2, 0) is 6.54 Å². The van der Waals surface area contributed by atoms with E-state index < -0.39 is 4.92 Å². The van der Waals surface area contributed by atoms with Crippen LogP contribution in [-0.4, -0.2) is 21.0 Å². The Labute approximate surface area is 171 Å². The van der Waals surface area contributed by atoms with Crippen LogP contribution in [0.3, 0.4) is 0 Å². The fourth-order valence-electron chi connectivity index (χ4n) is 2.73. The van der Waals surface area contributed by atoms with E-state index >= 15 is 0 Å². The highest BCUT2D eigenvalue weighted by Crippen LogP contribution is 2.36. The summed E-state index contributed by atoms with van der Waals surface area (Å²) in [7, 11) is 0. The van der Waals surface area contributed by atoms with Crippen molar-refractivity contribution in [3.05, 3.63) is 74.6 Å². The lowest BCUT2D eigenvalue weighted by atomic mass is 10.1. The molecule has 0 fully saturated rings. The molecule has 0 amide bonds. The number of halogens is 2. The third kappa shape index (κ3) is 4.60. The zero-order chi connectivity index (χ0) is 20.1. The minimum absolute atomic E-state index is 0.00839. The van der Waals surface area contributed by atoms with Crippen molar-refractivity contribution in [1.82, 2.24) is 9.55 Å². The van der Waals surface area contributed by atoms with Crippen molar-refractivity contribution in [3.8, 4) is 17.2 Å². The van der Waals surface area contributed by atoms with E-state index in [1.165, 1.54) is 12.4 Å². The summed E-state index contributed by atoms with van der Waals surface area (Å²) in [4.78, 5) is 15.1. The van der Waals surface area contributed by atoms with Crippen molar-refractivity contribution in [2.75, 3.05) is 11.9 Å². The first-order chi connectivity index (χ1) is 13.5. The van der Waals surface area contributed by atoms with Gasteiger partial charge in [0.05, 0.1) is 27.3 Å². The van der Waals surface area contributed by atoms with Crippen LogP contribution < -0.4 is 5.32 Å². The fourth-order valence-corrected chi connectivity index (χ4v) is 3.24. The Balaban J connectivity index is 1.67. The van der Waals surface area contributed by atoms with Crippen molar-refractivity contribution in [2.45, 2.75) is 13.0 Å². The number of rotatable bonds is 7. The second kappa shape index (κ2) is 8.74. The number of aromatic nitrogens is 2. The summed E-state index contributed by atoms with van der Waals surface area (Å²) >= 11 is 12.1. The number of hydrogen-bond acceptors (Lipinski definition) is 5. The van der Waals surface area contributed by atoms with Gasteiger partial charge in [-0.1, -0.05) is 29.3 Å². The Bertz CT molecular complexity index is 1040. The first-order valence-corrected chi connectivity index (χ1v) is 9.13. The second-order valence-electron chi connectivity index (χ2n) is 6.00. The Morgan fingerprint density at radius 3 is 2.68 bits per heavy atom. The van der Waals surface area contributed by atoms with Crippen molar-refractivity contribution in [2.24, 2.45) is 0 Å². The smallest absolute Gasteiger partial charge is 0.294 e. The number of hydrogen-bond donors (Lipinski definition) is 1. The molecule has 3 rings (SSSR count). The van der Waals surface area contributed by atoms with Gasteiger partial charge in [-0.05, 0) is 30.7 Å². The number of nitro groups is 1. The lowest BCUT2D eigenvalue weighted by Gasteiger charge is -2.06. The molecule has 0 aliphatic heterocycles. The predicted octanol–water partition coefficient (Wildman–Crippen LogP) is 5.14. The summed E-state index contributed by atoms with van der Waals surface area (Å²) in [5.74, 6) is 0.672. The van der Waals surface area contributed by atoms with Gasteiger partial charge in [0.25, 0.3) is 5.69 Å². The Hall–Kier alpha value is -3.08. The topological polar surface area (TPSA) is 96.8 Å². The van der Waals surface area contributed by atoms with E-state index in [4.69, 9.17) is 28.5 Å². The van der Waals surface area contributed by atoms with E-state index in [0.29, 0.717) is 45.6 Å². The molecule has 3 aromatic rings. The van der Waals surface area contributed by atoms with E-state index in [1.807, 2.05) is 6.07 Å². The van der Waals surface area contributed by atoms with E-state index in [-0.39, 0.29) is 5.69 Å². The molecule has 0 aliphatic rings. The van der Waals surface area contributed by atoms with Gasteiger partial charge in [-0.2, -0.15) is 5.26 Å². The van der Waals surface area contributed by atoms with Gasteiger partial charge in [0, 0.05) is 36.1 Å². The van der Waals surface area contributed by atoms with Crippen LogP contribution in [0.2, 0.25) is 10.0 Å². The van der Waals surface area contributed by atoms with Gasteiger partial charge in [0.2, 0.25) is 0 Å². The monoisotopic (exact) mass is 415 g/mol. The number of benzene rings is 1. The molecule has 2 aromatic heterocycles. The molecule has 0 radical (unpaired) electrons. The Kier molecular flexibility index (Phi) is 6.14. The number of aryl methyl sites for hydroxylation is 1. The summed E-state index contributed by atoms with van der Waals surface area (Å²) < 4.78 is 1.77. The van der Waals surface area contributed by atoms with Gasteiger partial charge >= 0.3 is 0 Å². The average Bonchev–Trinajstić information content (AvgIpc) is 3.10. The SMILES string of the molecule is N#Cc1ccc(NCCCn2cc(-c3ccc(Cl)cc3Cl)c([N+](=O)[O-])c2)nc1. The lowest BCUT2D eigenvalue weighted by molar-refractivity contribution is -0.384. The molecule has 9 heteroatoms. The fraction of sp³-hybridized carbons (Fsp3) is 0.158. The molecule has 0 unspecified atom stereocenters. The first kappa shape index (κ1) is 19.7. The average molecular weight is 416 g/mol. The van der Waals surface area contributed by atoms with Gasteiger partial charge in [0.1, 0.15) is 11.9 Å². The van der Waals surface area contributed by atoms with Gasteiger partial charge in [-0.25, -0.2) is 4.98 Å². The second-order valence-corrected chi connectivity index (χ2v) is 6.84. The maximum Gasteiger partial charge on any atom is 0.294 e. The highest BCUT2D eigenvalue weighted by Gasteiger charge is 2.20. The summed E-state index contributed by atoms with van der Waals surface area (Å²) in [5.41, 5.74) is 1.51. The number of nitrogens with zero attached hydrogens (tertiary/aromatic N) is 4. The van der Waals surface area contributed by atoms with Gasteiger partial charge in [0.15, 0.2) is 0 Å². The molecular formula is C19H15Cl2N5O2. The number of anilines is 1. The number of pyridine rings is 1. The standard InChI is InChI=1S/C19H15Cl2N5O2/c20-14-3-4-15(17(21)8-14)16-11-25(12-18(16)26(27)28)7-1-6-23-19-5-2-13(9-22)10-24-19/h2-5,8,10-12H,1,6-7H2,(H,23,24). The van der Waals surface area contributed by atoms with Crippen molar-refractivity contribution in [1.29, 1.82) is 5.26 Å². The Morgan fingerprint density at radius 2 is 2.04 bits per heavy atom. The van der Waals surface area contributed by atoms with Crippen molar-refractivity contribution in [3.63, 3.8) is 0 Å². The van der Waals surface area contributed by atoms with Crippen molar-refractivity contribution >= 4 is 34.7 Å². The number of nitrogens with one attached hydrogen (secondary N) is 1. The largest absolute Gasteiger partial charge is 0.370 e. The van der Waals surface area contributed by atoms with Crippen LogP contribution in [0.4, 0.5) is 11.5 Å². The molecule has 1 N–H and O–H groups in total. The summed E-state index contributed by atoms with van der Waals surface area (Å²) in [6.07, 6.45) is 5.44. The molecular weight excluding hydrogens is 401 g/mol. The molecule has 0 saturated carbocycles. The number of nitriles is 1. The van der Waals surface area contributed by atoms with E-state index in [2.05, 4.69) is 10.3 Å². The molecule has 0 bridgehead atoms. The molecule has 0 atom stereocenters. The molecule has 142 valence electrons. The first-order valence-electron chi connectivity index (χ1n) is 8.37. The predicted molar refractivity (Wildman–Crippen MR) is 109 cm³/mol. The zero-order valence-electron chi connectivity index (χ0n) is 14.6. The van der Waals surface area contributed by atoms with Gasteiger partial charge in [-0.3, -0.25) is 10.1 Å². The van der Waals surface area contributed by atoms with Gasteiger partial charge < -0.3 is 9.88 Å². The van der Waals surface area contributed by atoms with E-state index in [9.17, 15) is 10.1 Å². The molecule has 0 aliphatic carbocycles. The molecule has 2 heterocycles. The lowest BCUT2D eigenvalue weighted by Crippen LogP contribution is -2.06. The van der Waals surface area contributed by atoms with Gasteiger partial charge in [-0.15, -0.1) is 0 Å². The van der Waals surface area contributed by atoms with Crippen LogP contribution in [0, 0.1) is 21.4 Å². The molecule has 1 aromatic carbocycles. The molecule has 0 spiro atoms. The summed E-state index contributed by atoms with van der Waals surface area (Å²) in [5, 5.41) is 24.2. The minimum Gasteiger partial charge on any atom is -0.370 e. The Morgan fingerprint density at radius 1 is 1.21 bits per heavy atom. The van der Waals surface area contributed by atoms with E-state index in [0.717, 1.165) is 6.42 Å². The van der Waals surface area contributed by atoms with Crippen LogP contribution in [0.25, 0.3) is 11.1 Å². The van der Waals surface area contributed by atoms with Crippen LogP contribution in [0.1, 0.15) is 12.0 Å². The summed E-state index contributed by atoms with van der Waals surface area (Å²) in [6.45, 7) is 1.21. The highest BCUT2D eigenvalue weighted by molar-refractivity contribution is 6.36. The van der Waals surface area contributed by atoms with Crippen LogP contribution >= 0.6 is 23.2 Å². The molecule has 7 nitrogen and oxygen atoms in total. The van der Waals surface area contributed by atoms with Crippen LogP contribution in [0.5, 0.6) is 0 Å². The van der Waals surface area contributed by atoms with E-state index in [1.54, 1.807) is 41.1 Å². The summed E-state index contributed by atoms with van der Waals surface area (Å²) in [6, 6.07) is 10.3. The quantitative estimate of drug-likeness (QED) is 0.327. The molecule has 28 heavy (non-hydrogen) atoms. The highest BCUT2D eigenvalue weighted by atomic mass is 35.5. The maximum absolute atomic E-state index is 11.4.